The summed E-state index contributed by atoms with van der Waals surface area (Å²) in [6.45, 7) is 4.40. The monoisotopic (exact) mass is 219 g/mol. The lowest BCUT2D eigenvalue weighted by Crippen LogP contribution is -1.97. The van der Waals surface area contributed by atoms with Crippen LogP contribution in [-0.4, -0.2) is 0 Å². The summed E-state index contributed by atoms with van der Waals surface area (Å²) in [5, 5.41) is 8.61. The average Bonchev–Trinajstić information content (AvgIpc) is 2.27. The highest BCUT2D eigenvalue weighted by atomic mass is 19.1. The van der Waals surface area contributed by atoms with Gasteiger partial charge in [0.05, 0.1) is 5.56 Å². The smallest absolute Gasteiger partial charge is 0.141 e. The van der Waals surface area contributed by atoms with Gasteiger partial charge in [-0.15, -0.1) is 0 Å². The molecule has 0 spiro atoms. The zero-order chi connectivity index (χ0) is 12.0. The Bertz CT molecular complexity index is 379. The molecular formula is C14H18FN. The van der Waals surface area contributed by atoms with E-state index >= 15 is 0 Å². The summed E-state index contributed by atoms with van der Waals surface area (Å²) in [4.78, 5) is 0. The third kappa shape index (κ3) is 3.66. The maximum absolute atomic E-state index is 13.3. The Balaban J connectivity index is 2.56. The van der Waals surface area contributed by atoms with Gasteiger partial charge < -0.3 is 0 Å². The Morgan fingerprint density at radius 3 is 2.69 bits per heavy atom. The number of aryl methyl sites for hydroxylation is 1. The Kier molecular flexibility index (Phi) is 4.98. The van der Waals surface area contributed by atoms with Gasteiger partial charge in [-0.25, -0.2) is 4.39 Å². The highest BCUT2D eigenvalue weighted by molar-refractivity contribution is 5.33. The van der Waals surface area contributed by atoms with Crippen molar-refractivity contribution in [1.29, 1.82) is 5.26 Å². The number of nitrogens with zero attached hydrogens (tertiary/aromatic N) is 1. The molecule has 0 amide bonds. The Morgan fingerprint density at radius 1 is 1.38 bits per heavy atom. The van der Waals surface area contributed by atoms with Gasteiger partial charge in [-0.3, -0.25) is 0 Å². The molecule has 1 nitrogen and oxygen atoms in total. The molecule has 16 heavy (non-hydrogen) atoms. The second-order valence-electron chi connectivity index (χ2n) is 4.36. The Hall–Kier alpha value is -1.36. The van der Waals surface area contributed by atoms with Gasteiger partial charge in [0.25, 0.3) is 0 Å². The standard InChI is InChI=1S/C14H18FN/c1-3-4-11(2)5-6-12-7-8-13(10-16)14(15)9-12/h7-9,11H,3-6H2,1-2H3. The van der Waals surface area contributed by atoms with Crippen molar-refractivity contribution in [3.8, 4) is 6.07 Å². The van der Waals surface area contributed by atoms with Crippen LogP contribution >= 0.6 is 0 Å². The van der Waals surface area contributed by atoms with Gasteiger partial charge in [-0.2, -0.15) is 5.26 Å². The summed E-state index contributed by atoms with van der Waals surface area (Å²) in [5.41, 5.74) is 1.12. The van der Waals surface area contributed by atoms with Crippen molar-refractivity contribution in [3.63, 3.8) is 0 Å². The summed E-state index contributed by atoms with van der Waals surface area (Å²) >= 11 is 0. The first-order valence-corrected chi connectivity index (χ1v) is 5.86. The van der Waals surface area contributed by atoms with Crippen LogP contribution < -0.4 is 0 Å². The SMILES string of the molecule is CCCC(C)CCc1ccc(C#N)c(F)c1. The minimum Gasteiger partial charge on any atom is -0.206 e. The highest BCUT2D eigenvalue weighted by Crippen LogP contribution is 2.16. The van der Waals surface area contributed by atoms with Gasteiger partial charge in [0, 0.05) is 0 Å². The summed E-state index contributed by atoms with van der Waals surface area (Å²) < 4.78 is 13.3. The van der Waals surface area contributed by atoms with E-state index in [1.54, 1.807) is 6.07 Å². The van der Waals surface area contributed by atoms with E-state index in [2.05, 4.69) is 13.8 Å². The van der Waals surface area contributed by atoms with Crippen LogP contribution in [0.1, 0.15) is 44.2 Å². The fourth-order valence-electron chi connectivity index (χ4n) is 1.85. The largest absolute Gasteiger partial charge is 0.206 e. The van der Waals surface area contributed by atoms with Gasteiger partial charge >= 0.3 is 0 Å². The molecule has 1 rings (SSSR count). The molecule has 0 radical (unpaired) electrons. The van der Waals surface area contributed by atoms with Crippen molar-refractivity contribution in [2.75, 3.05) is 0 Å². The molecule has 2 heteroatoms. The van der Waals surface area contributed by atoms with Crippen LogP contribution in [0.25, 0.3) is 0 Å². The van der Waals surface area contributed by atoms with Crippen LogP contribution in [0.2, 0.25) is 0 Å². The minimum atomic E-state index is -0.400. The first-order valence-electron chi connectivity index (χ1n) is 5.86. The lowest BCUT2D eigenvalue weighted by atomic mass is 9.97. The van der Waals surface area contributed by atoms with Crippen LogP contribution in [0.4, 0.5) is 4.39 Å². The lowest BCUT2D eigenvalue weighted by molar-refractivity contribution is 0.485. The fourth-order valence-corrected chi connectivity index (χ4v) is 1.85. The second kappa shape index (κ2) is 6.27. The van der Waals surface area contributed by atoms with Gasteiger partial charge in [-0.05, 0) is 36.5 Å². The summed E-state index contributed by atoms with van der Waals surface area (Å²) in [5.74, 6) is 0.284. The maximum atomic E-state index is 13.3. The minimum absolute atomic E-state index is 0.130. The average molecular weight is 219 g/mol. The number of benzene rings is 1. The van der Waals surface area contributed by atoms with Crippen molar-refractivity contribution < 1.29 is 4.39 Å². The third-order valence-electron chi connectivity index (χ3n) is 2.86. The van der Waals surface area contributed by atoms with Crippen LogP contribution in [0.5, 0.6) is 0 Å². The van der Waals surface area contributed by atoms with Gasteiger partial charge in [0.15, 0.2) is 0 Å². The van der Waals surface area contributed by atoms with Crippen molar-refractivity contribution >= 4 is 0 Å². The van der Waals surface area contributed by atoms with Crippen LogP contribution in [-0.2, 0) is 6.42 Å². The number of halogens is 1. The van der Waals surface area contributed by atoms with Crippen molar-refractivity contribution in [3.05, 3.63) is 35.1 Å². The first kappa shape index (κ1) is 12.7. The molecule has 0 aliphatic rings. The zero-order valence-corrected chi connectivity index (χ0v) is 9.96. The molecule has 0 fully saturated rings. The topological polar surface area (TPSA) is 23.8 Å². The van der Waals surface area contributed by atoms with Crippen LogP contribution in [0, 0.1) is 23.1 Å². The normalized spacial score (nSPS) is 12.1. The van der Waals surface area contributed by atoms with Crippen molar-refractivity contribution in [1.82, 2.24) is 0 Å². The number of rotatable bonds is 5. The second-order valence-corrected chi connectivity index (χ2v) is 4.36. The molecule has 1 unspecified atom stereocenters. The van der Waals surface area contributed by atoms with E-state index in [1.807, 2.05) is 12.1 Å². The molecule has 1 aromatic carbocycles. The predicted molar refractivity (Wildman–Crippen MR) is 63.5 cm³/mol. The lowest BCUT2D eigenvalue weighted by Gasteiger charge is -2.09. The molecular weight excluding hydrogens is 201 g/mol. The summed E-state index contributed by atoms with van der Waals surface area (Å²) in [7, 11) is 0. The van der Waals surface area contributed by atoms with E-state index in [4.69, 9.17) is 5.26 Å². The van der Waals surface area contributed by atoms with Gasteiger partial charge in [-0.1, -0.05) is 32.8 Å². The van der Waals surface area contributed by atoms with E-state index in [9.17, 15) is 4.39 Å². The van der Waals surface area contributed by atoms with E-state index < -0.39 is 5.82 Å². The molecule has 0 N–H and O–H groups in total. The summed E-state index contributed by atoms with van der Waals surface area (Å²) in [6.07, 6.45) is 4.39. The van der Waals surface area contributed by atoms with E-state index in [-0.39, 0.29) is 5.56 Å². The molecule has 0 aliphatic heterocycles. The van der Waals surface area contributed by atoms with E-state index in [0.717, 1.165) is 18.4 Å². The maximum Gasteiger partial charge on any atom is 0.141 e. The molecule has 1 aromatic rings. The number of nitriles is 1. The molecule has 0 saturated carbocycles. The number of hydrogen-bond acceptors (Lipinski definition) is 1. The molecule has 1 atom stereocenters. The highest BCUT2D eigenvalue weighted by Gasteiger charge is 2.05. The summed E-state index contributed by atoms with van der Waals surface area (Å²) in [6, 6.07) is 6.73. The molecule has 0 bridgehead atoms. The van der Waals surface area contributed by atoms with Crippen LogP contribution in [0.15, 0.2) is 18.2 Å². The molecule has 0 aromatic heterocycles. The first-order chi connectivity index (χ1) is 7.67. The molecule has 0 saturated heterocycles. The third-order valence-corrected chi connectivity index (χ3v) is 2.86. The number of hydrogen-bond donors (Lipinski definition) is 0. The van der Waals surface area contributed by atoms with Gasteiger partial charge in [0.2, 0.25) is 0 Å². The molecule has 86 valence electrons. The van der Waals surface area contributed by atoms with E-state index in [1.165, 1.54) is 18.9 Å². The fraction of sp³-hybridized carbons (Fsp3) is 0.500. The predicted octanol–water partition coefficient (Wildman–Crippen LogP) is 4.07. The molecule has 0 heterocycles. The van der Waals surface area contributed by atoms with Crippen molar-refractivity contribution in [2.45, 2.75) is 39.5 Å². The molecule has 0 aliphatic carbocycles. The zero-order valence-electron chi connectivity index (χ0n) is 9.96. The van der Waals surface area contributed by atoms with Gasteiger partial charge in [0.1, 0.15) is 11.9 Å². The van der Waals surface area contributed by atoms with E-state index in [0.29, 0.717) is 5.92 Å². The quantitative estimate of drug-likeness (QED) is 0.732. The van der Waals surface area contributed by atoms with Crippen molar-refractivity contribution in [2.24, 2.45) is 5.92 Å². The Labute approximate surface area is 96.9 Å². The Morgan fingerprint density at radius 2 is 2.12 bits per heavy atom. The van der Waals surface area contributed by atoms with Crippen LogP contribution in [0.3, 0.4) is 0 Å².